The number of aromatic nitrogens is 2. The lowest BCUT2D eigenvalue weighted by Gasteiger charge is -2.30. The molecular formula is C17H22N6. The van der Waals surface area contributed by atoms with Crippen LogP contribution in [0.2, 0.25) is 0 Å². The normalized spacial score (nSPS) is 18.2. The number of nitrogen functional groups attached to an aromatic ring is 2. The molecule has 4 rings (SSSR count). The highest BCUT2D eigenvalue weighted by atomic mass is 15.3. The number of benzene rings is 1. The van der Waals surface area contributed by atoms with Gasteiger partial charge in [-0.2, -0.15) is 9.97 Å². The zero-order chi connectivity index (χ0) is 15.8. The zero-order valence-corrected chi connectivity index (χ0v) is 13.1. The van der Waals surface area contributed by atoms with Crippen molar-refractivity contribution in [1.82, 2.24) is 15.3 Å². The van der Waals surface area contributed by atoms with Crippen molar-refractivity contribution < 1.29 is 0 Å². The summed E-state index contributed by atoms with van der Waals surface area (Å²) >= 11 is 0. The van der Waals surface area contributed by atoms with Gasteiger partial charge in [-0.25, -0.2) is 0 Å². The van der Waals surface area contributed by atoms with Crippen LogP contribution in [0.5, 0.6) is 0 Å². The molecule has 0 unspecified atom stereocenters. The molecule has 6 heteroatoms. The van der Waals surface area contributed by atoms with Crippen LogP contribution in [0.1, 0.15) is 24.3 Å². The van der Waals surface area contributed by atoms with Crippen LogP contribution in [0, 0.1) is 0 Å². The van der Waals surface area contributed by atoms with Crippen LogP contribution in [-0.2, 0) is 0 Å². The zero-order valence-electron chi connectivity index (χ0n) is 13.1. The summed E-state index contributed by atoms with van der Waals surface area (Å²) in [5, 5.41) is 3.36. The van der Waals surface area contributed by atoms with Crippen LogP contribution in [0.4, 0.5) is 17.6 Å². The number of nitrogens with two attached hydrogens (primary N) is 2. The Hall–Kier alpha value is -2.34. The van der Waals surface area contributed by atoms with E-state index in [-0.39, 0.29) is 5.95 Å². The second kappa shape index (κ2) is 5.70. The Kier molecular flexibility index (Phi) is 3.53. The number of nitrogens with zero attached hydrogens (tertiary/aromatic N) is 3. The average molecular weight is 310 g/mol. The molecule has 0 bridgehead atoms. The highest BCUT2D eigenvalue weighted by Crippen LogP contribution is 2.46. The fourth-order valence-electron chi connectivity index (χ4n) is 3.32. The van der Waals surface area contributed by atoms with E-state index in [2.05, 4.69) is 44.5 Å². The maximum Gasteiger partial charge on any atom is 0.223 e. The molecule has 120 valence electrons. The first kappa shape index (κ1) is 14.3. The summed E-state index contributed by atoms with van der Waals surface area (Å²) < 4.78 is 0. The molecule has 2 aliphatic rings. The van der Waals surface area contributed by atoms with E-state index in [4.69, 9.17) is 11.5 Å². The molecule has 1 aliphatic heterocycles. The minimum atomic E-state index is 0.240. The summed E-state index contributed by atoms with van der Waals surface area (Å²) in [5.41, 5.74) is 15.6. The molecule has 0 atom stereocenters. The van der Waals surface area contributed by atoms with E-state index < -0.39 is 0 Å². The Morgan fingerprint density at radius 1 is 1.04 bits per heavy atom. The van der Waals surface area contributed by atoms with Crippen LogP contribution in [0.3, 0.4) is 0 Å². The fraction of sp³-hybridized carbons (Fsp3) is 0.412. The summed E-state index contributed by atoms with van der Waals surface area (Å²) in [4.78, 5) is 11.0. The topological polar surface area (TPSA) is 93.1 Å². The smallest absolute Gasteiger partial charge is 0.223 e. The summed E-state index contributed by atoms with van der Waals surface area (Å²) in [5.74, 6) is 2.21. The van der Waals surface area contributed by atoms with E-state index in [0.717, 1.165) is 43.1 Å². The Morgan fingerprint density at radius 2 is 1.78 bits per heavy atom. The molecule has 0 spiro atoms. The lowest BCUT2D eigenvalue weighted by Crippen LogP contribution is -2.44. The average Bonchev–Trinajstić information content (AvgIpc) is 3.40. The molecule has 1 aromatic heterocycles. The van der Waals surface area contributed by atoms with E-state index in [1.165, 1.54) is 18.4 Å². The lowest BCUT2D eigenvalue weighted by molar-refractivity contribution is 0.585. The molecule has 1 aliphatic carbocycles. The third-order valence-corrected chi connectivity index (χ3v) is 4.60. The van der Waals surface area contributed by atoms with Crippen molar-refractivity contribution >= 4 is 17.6 Å². The summed E-state index contributed by atoms with van der Waals surface area (Å²) in [6.07, 6.45) is 2.49. The second-order valence-corrected chi connectivity index (χ2v) is 6.26. The van der Waals surface area contributed by atoms with E-state index in [9.17, 15) is 0 Å². The first-order valence-electron chi connectivity index (χ1n) is 8.22. The largest absolute Gasteiger partial charge is 0.383 e. The monoisotopic (exact) mass is 310 g/mol. The van der Waals surface area contributed by atoms with E-state index in [1.54, 1.807) is 0 Å². The molecule has 2 heterocycles. The van der Waals surface area contributed by atoms with Gasteiger partial charge in [-0.15, -0.1) is 0 Å². The first-order chi connectivity index (χ1) is 11.2. The van der Waals surface area contributed by atoms with Gasteiger partial charge in [0.05, 0.1) is 5.56 Å². The number of anilines is 3. The number of nitrogens with one attached hydrogen (secondary N) is 1. The molecule has 0 radical (unpaired) electrons. The van der Waals surface area contributed by atoms with Gasteiger partial charge in [0.25, 0.3) is 0 Å². The Morgan fingerprint density at radius 3 is 2.52 bits per heavy atom. The van der Waals surface area contributed by atoms with Crippen molar-refractivity contribution in [2.45, 2.75) is 18.8 Å². The van der Waals surface area contributed by atoms with Gasteiger partial charge in [0.2, 0.25) is 5.95 Å². The van der Waals surface area contributed by atoms with Gasteiger partial charge >= 0.3 is 0 Å². The highest BCUT2D eigenvalue weighted by Gasteiger charge is 2.29. The predicted octanol–water partition coefficient (Wildman–Crippen LogP) is 1.59. The number of rotatable bonds is 3. The number of hydrogen-bond acceptors (Lipinski definition) is 6. The van der Waals surface area contributed by atoms with Gasteiger partial charge in [0.15, 0.2) is 0 Å². The summed E-state index contributed by atoms with van der Waals surface area (Å²) in [6, 6.07) is 8.48. The Bertz CT molecular complexity index is 719. The van der Waals surface area contributed by atoms with Crippen LogP contribution < -0.4 is 21.7 Å². The van der Waals surface area contributed by atoms with Crippen molar-refractivity contribution in [3.8, 4) is 11.1 Å². The van der Waals surface area contributed by atoms with Crippen LogP contribution in [0.25, 0.3) is 11.1 Å². The van der Waals surface area contributed by atoms with Crippen LogP contribution in [0.15, 0.2) is 24.3 Å². The van der Waals surface area contributed by atoms with Crippen LogP contribution >= 0.6 is 0 Å². The minimum Gasteiger partial charge on any atom is -0.383 e. The third kappa shape index (κ3) is 2.70. The van der Waals surface area contributed by atoms with Crippen LogP contribution in [-0.4, -0.2) is 36.1 Å². The molecule has 1 aromatic carbocycles. The standard InChI is InChI=1S/C17H22N6/c18-15-14(13-4-2-1-3-12(13)11-5-6-11)16(22-17(19)21-15)23-9-7-20-8-10-23/h1-4,11,20H,5-10H2,(H4,18,19,21,22). The molecule has 6 nitrogen and oxygen atoms in total. The molecule has 0 amide bonds. The van der Waals surface area contributed by atoms with Crippen molar-refractivity contribution in [3.05, 3.63) is 29.8 Å². The fourth-order valence-corrected chi connectivity index (χ4v) is 3.32. The van der Waals surface area contributed by atoms with E-state index >= 15 is 0 Å². The Labute approximate surface area is 135 Å². The molecule has 2 fully saturated rings. The minimum absolute atomic E-state index is 0.240. The third-order valence-electron chi connectivity index (χ3n) is 4.60. The molecule has 5 N–H and O–H groups in total. The van der Waals surface area contributed by atoms with E-state index in [0.29, 0.717) is 11.7 Å². The maximum absolute atomic E-state index is 6.28. The summed E-state index contributed by atoms with van der Waals surface area (Å²) in [6.45, 7) is 3.67. The highest BCUT2D eigenvalue weighted by molar-refractivity contribution is 5.87. The van der Waals surface area contributed by atoms with Crippen molar-refractivity contribution in [3.63, 3.8) is 0 Å². The second-order valence-electron chi connectivity index (χ2n) is 6.26. The van der Waals surface area contributed by atoms with Gasteiger partial charge in [0.1, 0.15) is 11.6 Å². The quantitative estimate of drug-likeness (QED) is 0.797. The number of piperazine rings is 1. The van der Waals surface area contributed by atoms with Gasteiger partial charge in [-0.05, 0) is 29.9 Å². The maximum atomic E-state index is 6.28. The molecular weight excluding hydrogens is 288 g/mol. The van der Waals surface area contributed by atoms with Crippen molar-refractivity contribution in [2.24, 2.45) is 0 Å². The lowest BCUT2D eigenvalue weighted by atomic mass is 9.97. The molecule has 23 heavy (non-hydrogen) atoms. The van der Waals surface area contributed by atoms with Crippen molar-refractivity contribution in [1.29, 1.82) is 0 Å². The van der Waals surface area contributed by atoms with Gasteiger partial charge in [-0.3, -0.25) is 0 Å². The molecule has 1 saturated carbocycles. The van der Waals surface area contributed by atoms with Gasteiger partial charge < -0.3 is 21.7 Å². The Balaban J connectivity index is 1.87. The van der Waals surface area contributed by atoms with Gasteiger partial charge in [0, 0.05) is 26.2 Å². The SMILES string of the molecule is Nc1nc(N)c(-c2ccccc2C2CC2)c(N2CCNCC2)n1. The van der Waals surface area contributed by atoms with Crippen molar-refractivity contribution in [2.75, 3.05) is 42.5 Å². The van der Waals surface area contributed by atoms with E-state index in [1.807, 2.05) is 0 Å². The molecule has 2 aromatic rings. The summed E-state index contributed by atoms with van der Waals surface area (Å²) in [7, 11) is 0. The predicted molar refractivity (Wildman–Crippen MR) is 93.4 cm³/mol. The number of hydrogen-bond donors (Lipinski definition) is 3. The first-order valence-corrected chi connectivity index (χ1v) is 8.22. The van der Waals surface area contributed by atoms with Gasteiger partial charge in [-0.1, -0.05) is 24.3 Å². The molecule has 1 saturated heterocycles.